The van der Waals surface area contributed by atoms with Crippen molar-refractivity contribution in [2.24, 2.45) is 0 Å². The number of hydrogen-bond donors (Lipinski definition) is 1. The second-order valence-corrected chi connectivity index (χ2v) is 9.94. The quantitative estimate of drug-likeness (QED) is 0.448. The third-order valence-corrected chi connectivity index (χ3v) is 7.55. The molecule has 0 bridgehead atoms. The summed E-state index contributed by atoms with van der Waals surface area (Å²) in [6.45, 7) is 4.43. The third-order valence-electron chi connectivity index (χ3n) is 6.59. The van der Waals surface area contributed by atoms with E-state index in [9.17, 15) is 19.5 Å². The van der Waals surface area contributed by atoms with Crippen LogP contribution in [0.15, 0.2) is 28.3 Å². The van der Waals surface area contributed by atoms with Crippen molar-refractivity contribution in [3.8, 4) is 0 Å². The van der Waals surface area contributed by atoms with Gasteiger partial charge in [-0.2, -0.15) is 0 Å². The molecule has 1 aliphatic heterocycles. The number of carboxylic acids is 1. The Morgan fingerprint density at radius 3 is 2.61 bits per heavy atom. The van der Waals surface area contributed by atoms with Gasteiger partial charge in [0.1, 0.15) is 11.4 Å². The molecule has 1 aromatic carbocycles. The Morgan fingerprint density at radius 2 is 1.94 bits per heavy atom. The number of aryl methyl sites for hydroxylation is 1. The number of rotatable bonds is 8. The first-order valence-electron chi connectivity index (χ1n) is 11.9. The fourth-order valence-electron chi connectivity index (χ4n) is 4.49. The summed E-state index contributed by atoms with van der Waals surface area (Å²) in [6.07, 6.45) is 3.50. The lowest BCUT2D eigenvalue weighted by Gasteiger charge is -2.36. The predicted octanol–water partition coefficient (Wildman–Crippen LogP) is 2.01. The largest absolute Gasteiger partial charge is 0.477 e. The number of thioether (sulfide) groups is 1. The number of fused-ring (bicyclic) bond motifs is 1. The summed E-state index contributed by atoms with van der Waals surface area (Å²) in [6, 6.07) is 2.90. The van der Waals surface area contributed by atoms with Crippen molar-refractivity contribution in [1.29, 1.82) is 0 Å². The van der Waals surface area contributed by atoms with Gasteiger partial charge in [0.25, 0.3) is 0 Å². The first-order chi connectivity index (χ1) is 17.4. The first kappa shape index (κ1) is 24.2. The van der Waals surface area contributed by atoms with Crippen LogP contribution >= 0.6 is 11.8 Å². The first-order valence-corrected chi connectivity index (χ1v) is 12.9. The van der Waals surface area contributed by atoms with Crippen LogP contribution in [0.3, 0.4) is 0 Å². The maximum Gasteiger partial charge on any atom is 0.341 e. The van der Waals surface area contributed by atoms with Crippen molar-refractivity contribution in [1.82, 2.24) is 29.7 Å². The van der Waals surface area contributed by atoms with E-state index in [1.807, 2.05) is 11.8 Å². The van der Waals surface area contributed by atoms with E-state index in [1.165, 1.54) is 18.0 Å². The number of anilines is 1. The second kappa shape index (κ2) is 9.88. The van der Waals surface area contributed by atoms with Gasteiger partial charge >= 0.3 is 5.97 Å². The number of nitrogens with zero attached hydrogens (tertiary/aromatic N) is 7. The molecule has 1 saturated heterocycles. The molecule has 0 unspecified atom stereocenters. The van der Waals surface area contributed by atoms with Crippen molar-refractivity contribution in [3.63, 3.8) is 0 Å². The zero-order valence-corrected chi connectivity index (χ0v) is 20.6. The smallest absolute Gasteiger partial charge is 0.341 e. The molecule has 190 valence electrons. The molecule has 0 spiro atoms. The van der Waals surface area contributed by atoms with Crippen LogP contribution in [-0.2, 0) is 11.3 Å². The lowest BCUT2D eigenvalue weighted by atomic mass is 10.1. The van der Waals surface area contributed by atoms with Crippen LogP contribution in [0.5, 0.6) is 0 Å². The number of carbonyl (C=O) groups excluding carboxylic acids is 1. The summed E-state index contributed by atoms with van der Waals surface area (Å²) in [5, 5.41) is 21.7. The molecule has 13 heteroatoms. The minimum absolute atomic E-state index is 0.0282. The van der Waals surface area contributed by atoms with E-state index in [2.05, 4.69) is 15.5 Å². The second-order valence-electron chi connectivity index (χ2n) is 8.88. The van der Waals surface area contributed by atoms with E-state index in [-0.39, 0.29) is 22.9 Å². The van der Waals surface area contributed by atoms with Gasteiger partial charge in [-0.1, -0.05) is 11.8 Å². The molecular weight excluding hydrogens is 489 g/mol. The number of piperazine rings is 1. The van der Waals surface area contributed by atoms with Gasteiger partial charge in [0.15, 0.2) is 0 Å². The Hall–Kier alpha value is -3.48. The normalized spacial score (nSPS) is 16.1. The Morgan fingerprint density at radius 1 is 1.19 bits per heavy atom. The minimum Gasteiger partial charge on any atom is -0.477 e. The summed E-state index contributed by atoms with van der Waals surface area (Å²) in [5.41, 5.74) is -0.138. The summed E-state index contributed by atoms with van der Waals surface area (Å²) in [7, 11) is 0. The van der Waals surface area contributed by atoms with Crippen molar-refractivity contribution in [3.05, 3.63) is 39.9 Å². The summed E-state index contributed by atoms with van der Waals surface area (Å²) >= 11 is 1.44. The standard InChI is InChI=1S/C23H26FN7O4S/c1-2-31-23(25-26-27-31)36-10-5-20(32)29-8-6-28(7-9-29)19-12-18-15(11-17(19)24)21(33)16(22(34)35)13-30(18)14-3-4-14/h11-14H,2-10H2,1H3,(H,34,35). The van der Waals surface area contributed by atoms with Gasteiger partial charge in [-0.15, -0.1) is 5.10 Å². The van der Waals surface area contributed by atoms with Gasteiger partial charge < -0.3 is 19.5 Å². The van der Waals surface area contributed by atoms with Crippen LogP contribution < -0.4 is 10.3 Å². The zero-order valence-electron chi connectivity index (χ0n) is 19.8. The van der Waals surface area contributed by atoms with Crippen LogP contribution in [0.2, 0.25) is 0 Å². The molecule has 1 N–H and O–H groups in total. The highest BCUT2D eigenvalue weighted by molar-refractivity contribution is 7.99. The predicted molar refractivity (Wildman–Crippen MR) is 131 cm³/mol. The highest BCUT2D eigenvalue weighted by atomic mass is 32.2. The molecule has 1 saturated carbocycles. The highest BCUT2D eigenvalue weighted by Gasteiger charge is 2.29. The van der Waals surface area contributed by atoms with E-state index in [0.717, 1.165) is 18.9 Å². The molecule has 2 aromatic heterocycles. The molecule has 2 fully saturated rings. The van der Waals surface area contributed by atoms with Gasteiger partial charge in [-0.3, -0.25) is 9.59 Å². The van der Waals surface area contributed by atoms with E-state index in [0.29, 0.717) is 61.3 Å². The molecule has 0 atom stereocenters. The number of tetrazole rings is 1. The molecule has 1 amide bonds. The Balaban J connectivity index is 1.27. The lowest BCUT2D eigenvalue weighted by molar-refractivity contribution is -0.131. The number of amides is 1. The van der Waals surface area contributed by atoms with Crippen molar-refractivity contribution in [2.75, 3.05) is 36.8 Å². The fourth-order valence-corrected chi connectivity index (χ4v) is 5.36. The van der Waals surface area contributed by atoms with Crippen LogP contribution in [0.25, 0.3) is 10.9 Å². The average molecular weight is 516 g/mol. The average Bonchev–Trinajstić information content (AvgIpc) is 3.62. The third kappa shape index (κ3) is 4.66. The number of halogens is 1. The monoisotopic (exact) mass is 515 g/mol. The number of carbonyl (C=O) groups is 2. The Labute approximate surface area is 209 Å². The van der Waals surface area contributed by atoms with Crippen molar-refractivity contribution < 1.29 is 19.1 Å². The minimum atomic E-state index is -1.32. The Bertz CT molecular complexity index is 1380. The van der Waals surface area contributed by atoms with Crippen LogP contribution in [-0.4, -0.2) is 78.6 Å². The van der Waals surface area contributed by atoms with Gasteiger partial charge in [0.05, 0.1) is 11.2 Å². The molecule has 5 rings (SSSR count). The topological polar surface area (TPSA) is 126 Å². The van der Waals surface area contributed by atoms with Gasteiger partial charge in [0, 0.05) is 62.5 Å². The maximum absolute atomic E-state index is 15.1. The van der Waals surface area contributed by atoms with Crippen LogP contribution in [0, 0.1) is 5.82 Å². The summed E-state index contributed by atoms with van der Waals surface area (Å²) in [5.74, 6) is -1.30. The molecule has 36 heavy (non-hydrogen) atoms. The van der Waals surface area contributed by atoms with Crippen LogP contribution in [0.4, 0.5) is 10.1 Å². The maximum atomic E-state index is 15.1. The van der Waals surface area contributed by atoms with Crippen molar-refractivity contribution in [2.45, 2.75) is 43.9 Å². The number of pyridine rings is 1. The molecule has 2 aliphatic rings. The van der Waals surface area contributed by atoms with Gasteiger partial charge in [-0.05, 0) is 42.3 Å². The van der Waals surface area contributed by atoms with Gasteiger partial charge in [0.2, 0.25) is 16.5 Å². The Kier molecular flexibility index (Phi) is 6.65. The molecule has 3 heterocycles. The molecule has 11 nitrogen and oxygen atoms in total. The fraction of sp³-hybridized carbons (Fsp3) is 0.478. The van der Waals surface area contributed by atoms with Crippen LogP contribution in [0.1, 0.15) is 42.6 Å². The van der Waals surface area contributed by atoms with E-state index in [4.69, 9.17) is 0 Å². The van der Waals surface area contributed by atoms with E-state index < -0.39 is 17.2 Å². The summed E-state index contributed by atoms with van der Waals surface area (Å²) < 4.78 is 18.6. The number of aromatic carboxylic acids is 1. The highest BCUT2D eigenvalue weighted by Crippen LogP contribution is 2.38. The zero-order chi connectivity index (χ0) is 25.4. The number of carboxylic acid groups (broad SMARTS) is 1. The number of aromatic nitrogens is 5. The summed E-state index contributed by atoms with van der Waals surface area (Å²) in [4.78, 5) is 40.6. The number of hydrogen-bond acceptors (Lipinski definition) is 8. The van der Waals surface area contributed by atoms with E-state index >= 15 is 4.39 Å². The SMILES string of the molecule is CCn1nnnc1SCCC(=O)N1CCN(c2cc3c(cc2F)c(=O)c(C(=O)O)cn3C2CC2)CC1. The molecule has 0 radical (unpaired) electrons. The molecular formula is C23H26FN7O4S. The van der Waals surface area contributed by atoms with E-state index in [1.54, 1.807) is 20.2 Å². The molecule has 1 aliphatic carbocycles. The molecule has 3 aromatic rings. The van der Waals surface area contributed by atoms with Gasteiger partial charge in [-0.25, -0.2) is 13.9 Å². The lowest BCUT2D eigenvalue weighted by Crippen LogP contribution is -2.49. The number of benzene rings is 1. The van der Waals surface area contributed by atoms with Crippen molar-refractivity contribution >= 4 is 40.2 Å².